The molecule has 3 rings (SSSR count). The minimum atomic E-state index is -3.84. The van der Waals surface area contributed by atoms with Crippen molar-refractivity contribution in [3.05, 3.63) is 60.2 Å². The molecule has 1 aromatic heterocycles. The van der Waals surface area contributed by atoms with Crippen LogP contribution in [0.25, 0.3) is 0 Å². The first-order valence-corrected chi connectivity index (χ1v) is 10.4. The van der Waals surface area contributed by atoms with E-state index in [0.717, 1.165) is 41.6 Å². The predicted octanol–water partition coefficient (Wildman–Crippen LogP) is 1.19. The normalized spacial score (nSPS) is 15.8. The van der Waals surface area contributed by atoms with Crippen LogP contribution in [0.4, 0.5) is 4.39 Å². The van der Waals surface area contributed by atoms with Crippen LogP contribution in [-0.2, 0) is 21.4 Å². The molecule has 9 heteroatoms. The van der Waals surface area contributed by atoms with E-state index < -0.39 is 15.8 Å². The van der Waals surface area contributed by atoms with Crippen molar-refractivity contribution in [1.29, 1.82) is 0 Å². The lowest BCUT2D eigenvalue weighted by atomic mass is 10.2. The van der Waals surface area contributed by atoms with E-state index in [2.05, 4.69) is 9.88 Å². The molecule has 0 spiro atoms. The minimum absolute atomic E-state index is 0.0366. The molecule has 1 aliphatic rings. The fourth-order valence-electron chi connectivity index (χ4n) is 3.07. The van der Waals surface area contributed by atoms with Gasteiger partial charge in [-0.15, -0.1) is 0 Å². The third kappa shape index (κ3) is 4.92. The topological polar surface area (TPSA) is 73.8 Å². The summed E-state index contributed by atoms with van der Waals surface area (Å²) < 4.78 is 39.1. The Labute approximate surface area is 164 Å². The van der Waals surface area contributed by atoms with Crippen molar-refractivity contribution in [1.82, 2.24) is 19.1 Å². The number of rotatable bonds is 6. The van der Waals surface area contributed by atoms with Gasteiger partial charge in [0.25, 0.3) is 0 Å². The van der Waals surface area contributed by atoms with Crippen molar-refractivity contribution in [3.63, 3.8) is 0 Å². The number of hydrogen-bond acceptors (Lipinski definition) is 5. The SMILES string of the molecule is CN(CC(=O)N1CCN(Cc2cccnc2)CC1)S(=O)(=O)c1ccc(F)cc1. The van der Waals surface area contributed by atoms with Crippen molar-refractivity contribution in [2.45, 2.75) is 11.4 Å². The second kappa shape index (κ2) is 8.76. The molecule has 28 heavy (non-hydrogen) atoms. The van der Waals surface area contributed by atoms with Gasteiger partial charge in [-0.3, -0.25) is 14.7 Å². The zero-order chi connectivity index (χ0) is 20.1. The Morgan fingerprint density at radius 2 is 1.82 bits per heavy atom. The van der Waals surface area contributed by atoms with Gasteiger partial charge in [0.2, 0.25) is 15.9 Å². The molecule has 7 nitrogen and oxygen atoms in total. The number of hydrogen-bond donors (Lipinski definition) is 0. The monoisotopic (exact) mass is 406 g/mol. The highest BCUT2D eigenvalue weighted by Crippen LogP contribution is 2.15. The first-order valence-electron chi connectivity index (χ1n) is 8.97. The van der Waals surface area contributed by atoms with Crippen LogP contribution >= 0.6 is 0 Å². The van der Waals surface area contributed by atoms with Crippen molar-refractivity contribution in [2.75, 3.05) is 39.8 Å². The highest BCUT2D eigenvalue weighted by molar-refractivity contribution is 7.89. The van der Waals surface area contributed by atoms with E-state index in [1.54, 1.807) is 11.1 Å². The van der Waals surface area contributed by atoms with Crippen molar-refractivity contribution in [2.24, 2.45) is 0 Å². The van der Waals surface area contributed by atoms with Crippen LogP contribution in [0, 0.1) is 5.82 Å². The lowest BCUT2D eigenvalue weighted by molar-refractivity contribution is -0.133. The first-order chi connectivity index (χ1) is 13.4. The number of benzene rings is 1. The summed E-state index contributed by atoms with van der Waals surface area (Å²) in [5, 5.41) is 0. The number of carbonyl (C=O) groups is 1. The Hall–Kier alpha value is -2.36. The molecule has 0 saturated carbocycles. The Morgan fingerprint density at radius 3 is 2.43 bits per heavy atom. The summed E-state index contributed by atoms with van der Waals surface area (Å²) in [7, 11) is -2.48. The summed E-state index contributed by atoms with van der Waals surface area (Å²) in [6, 6.07) is 8.48. The molecule has 0 aliphatic carbocycles. The maximum Gasteiger partial charge on any atom is 0.243 e. The van der Waals surface area contributed by atoms with Gasteiger partial charge in [-0.1, -0.05) is 6.07 Å². The van der Waals surface area contributed by atoms with Gasteiger partial charge >= 0.3 is 0 Å². The van der Waals surface area contributed by atoms with Crippen LogP contribution < -0.4 is 0 Å². The molecule has 0 radical (unpaired) electrons. The van der Waals surface area contributed by atoms with Gasteiger partial charge in [-0.05, 0) is 35.9 Å². The van der Waals surface area contributed by atoms with Crippen LogP contribution in [0.5, 0.6) is 0 Å². The number of nitrogens with zero attached hydrogens (tertiary/aromatic N) is 4. The summed E-state index contributed by atoms with van der Waals surface area (Å²) in [5.74, 6) is -0.754. The summed E-state index contributed by atoms with van der Waals surface area (Å²) in [6.45, 7) is 3.05. The highest BCUT2D eigenvalue weighted by Gasteiger charge is 2.27. The van der Waals surface area contributed by atoms with Gasteiger partial charge < -0.3 is 4.90 Å². The molecule has 1 saturated heterocycles. The maximum absolute atomic E-state index is 13.0. The zero-order valence-electron chi connectivity index (χ0n) is 15.7. The Morgan fingerprint density at radius 1 is 1.14 bits per heavy atom. The molecule has 0 atom stereocenters. The molecule has 0 bridgehead atoms. The van der Waals surface area contributed by atoms with E-state index in [1.165, 1.54) is 19.2 Å². The van der Waals surface area contributed by atoms with Gasteiger partial charge in [0.1, 0.15) is 5.82 Å². The number of halogens is 1. The molecule has 1 fully saturated rings. The van der Waals surface area contributed by atoms with Crippen molar-refractivity contribution in [3.8, 4) is 0 Å². The largest absolute Gasteiger partial charge is 0.339 e. The average Bonchev–Trinajstić information content (AvgIpc) is 2.69. The quantitative estimate of drug-likeness (QED) is 0.720. The number of sulfonamides is 1. The number of likely N-dealkylation sites (N-methyl/N-ethyl adjacent to an activating group) is 1. The summed E-state index contributed by atoms with van der Waals surface area (Å²) in [5.41, 5.74) is 1.12. The van der Waals surface area contributed by atoms with Crippen LogP contribution in [0.2, 0.25) is 0 Å². The maximum atomic E-state index is 13.0. The second-order valence-corrected chi connectivity index (χ2v) is 8.78. The summed E-state index contributed by atoms with van der Waals surface area (Å²) in [4.78, 5) is 20.5. The molecule has 0 N–H and O–H groups in total. The number of amides is 1. The van der Waals surface area contributed by atoms with Gasteiger partial charge in [-0.2, -0.15) is 4.31 Å². The number of pyridine rings is 1. The second-order valence-electron chi connectivity index (χ2n) is 6.73. The van der Waals surface area contributed by atoms with Gasteiger partial charge in [0.15, 0.2) is 0 Å². The fraction of sp³-hybridized carbons (Fsp3) is 0.368. The molecule has 1 aromatic carbocycles. The van der Waals surface area contributed by atoms with E-state index in [0.29, 0.717) is 13.1 Å². The van der Waals surface area contributed by atoms with Crippen LogP contribution in [0.15, 0.2) is 53.7 Å². The third-order valence-electron chi connectivity index (χ3n) is 4.73. The molecular weight excluding hydrogens is 383 g/mol. The summed E-state index contributed by atoms with van der Waals surface area (Å²) in [6.07, 6.45) is 3.56. The first kappa shape index (κ1) is 20.4. The third-order valence-corrected chi connectivity index (χ3v) is 6.55. The van der Waals surface area contributed by atoms with E-state index >= 15 is 0 Å². The molecule has 1 aliphatic heterocycles. The molecule has 2 aromatic rings. The van der Waals surface area contributed by atoms with Crippen molar-refractivity contribution >= 4 is 15.9 Å². The Bertz CT molecular complexity index is 899. The molecule has 0 unspecified atom stereocenters. The molecule has 2 heterocycles. The number of piperazine rings is 1. The summed E-state index contributed by atoms with van der Waals surface area (Å²) >= 11 is 0. The standard InChI is InChI=1S/C19H23FN4O3S/c1-22(28(26,27)18-6-4-17(20)5-7-18)15-19(25)24-11-9-23(10-12-24)14-16-3-2-8-21-13-16/h2-8,13H,9-12,14-15H2,1H3. The van der Waals surface area contributed by atoms with Gasteiger partial charge in [0, 0.05) is 52.2 Å². The van der Waals surface area contributed by atoms with Crippen LogP contribution in [0.1, 0.15) is 5.56 Å². The molecule has 1 amide bonds. The molecular formula is C19H23FN4O3S. The van der Waals surface area contributed by atoms with Crippen molar-refractivity contribution < 1.29 is 17.6 Å². The van der Waals surface area contributed by atoms with Gasteiger partial charge in [0.05, 0.1) is 11.4 Å². The smallest absolute Gasteiger partial charge is 0.243 e. The Kier molecular flexibility index (Phi) is 6.38. The van der Waals surface area contributed by atoms with Crippen LogP contribution in [-0.4, -0.2) is 73.2 Å². The highest BCUT2D eigenvalue weighted by atomic mass is 32.2. The Balaban J connectivity index is 1.53. The predicted molar refractivity (Wildman–Crippen MR) is 102 cm³/mol. The van der Waals surface area contributed by atoms with Crippen LogP contribution in [0.3, 0.4) is 0 Å². The fourth-order valence-corrected chi connectivity index (χ4v) is 4.19. The van der Waals surface area contributed by atoms with E-state index in [-0.39, 0.29) is 17.3 Å². The zero-order valence-corrected chi connectivity index (χ0v) is 16.5. The average molecular weight is 406 g/mol. The van der Waals surface area contributed by atoms with E-state index in [4.69, 9.17) is 0 Å². The number of carbonyl (C=O) groups excluding carboxylic acids is 1. The lowest BCUT2D eigenvalue weighted by Crippen LogP contribution is -2.51. The minimum Gasteiger partial charge on any atom is -0.339 e. The van der Waals surface area contributed by atoms with Gasteiger partial charge in [-0.25, -0.2) is 12.8 Å². The van der Waals surface area contributed by atoms with E-state index in [9.17, 15) is 17.6 Å². The molecule has 150 valence electrons. The number of aromatic nitrogens is 1. The van der Waals surface area contributed by atoms with E-state index in [1.807, 2.05) is 18.3 Å². The lowest BCUT2D eigenvalue weighted by Gasteiger charge is -2.35.